The normalized spacial score (nSPS) is 30.1. The van der Waals surface area contributed by atoms with Crippen LogP contribution in [0.2, 0.25) is 0 Å². The van der Waals surface area contributed by atoms with Crippen molar-refractivity contribution < 1.29 is 0 Å². The van der Waals surface area contributed by atoms with Crippen LogP contribution in [0.1, 0.15) is 39.5 Å². The molecule has 0 aliphatic carbocycles. The van der Waals surface area contributed by atoms with Crippen LogP contribution in [0.5, 0.6) is 0 Å². The van der Waals surface area contributed by atoms with Gasteiger partial charge >= 0.3 is 0 Å². The van der Waals surface area contributed by atoms with Gasteiger partial charge in [0.25, 0.3) is 0 Å². The molecule has 1 N–H and O–H groups in total. The molecule has 0 aromatic heterocycles. The molecule has 1 saturated heterocycles. The van der Waals surface area contributed by atoms with Crippen molar-refractivity contribution >= 4 is 0 Å². The van der Waals surface area contributed by atoms with Crippen LogP contribution in [0.3, 0.4) is 0 Å². The third kappa shape index (κ3) is 4.35. The summed E-state index contributed by atoms with van der Waals surface area (Å²) < 4.78 is 0. The van der Waals surface area contributed by atoms with E-state index in [4.69, 9.17) is 0 Å². The minimum Gasteiger partial charge on any atom is -0.311 e. The summed E-state index contributed by atoms with van der Waals surface area (Å²) in [6.07, 6.45) is 6.92. The summed E-state index contributed by atoms with van der Waals surface area (Å²) in [6, 6.07) is 2.07. The maximum atomic E-state index is 3.77. The highest BCUT2D eigenvalue weighted by Gasteiger charge is 2.23. The van der Waals surface area contributed by atoms with E-state index < -0.39 is 0 Å². The lowest BCUT2D eigenvalue weighted by Crippen LogP contribution is -2.47. The van der Waals surface area contributed by atoms with Crippen molar-refractivity contribution in [3.63, 3.8) is 0 Å². The summed E-state index contributed by atoms with van der Waals surface area (Å²) in [4.78, 5) is 2.45. The molecular formula is C13H26N2. The van der Waals surface area contributed by atoms with Crippen molar-refractivity contribution in [3.8, 4) is 0 Å². The fraction of sp³-hybridized carbons (Fsp3) is 0.846. The second kappa shape index (κ2) is 6.29. The first-order valence-electron chi connectivity index (χ1n) is 6.20. The van der Waals surface area contributed by atoms with Crippen LogP contribution in [0, 0.1) is 0 Å². The Kier molecular flexibility index (Phi) is 5.34. The lowest BCUT2D eigenvalue weighted by atomic mass is 9.97. The summed E-state index contributed by atoms with van der Waals surface area (Å²) >= 11 is 0. The largest absolute Gasteiger partial charge is 0.311 e. The van der Waals surface area contributed by atoms with Crippen LogP contribution < -0.4 is 5.32 Å². The average Bonchev–Trinajstić information content (AvgIpc) is 2.20. The second-order valence-electron chi connectivity index (χ2n) is 4.98. The van der Waals surface area contributed by atoms with E-state index in [0.29, 0.717) is 6.04 Å². The molecule has 0 amide bonds. The van der Waals surface area contributed by atoms with Gasteiger partial charge in [0.05, 0.1) is 0 Å². The number of nitrogens with one attached hydrogen (secondary N) is 1. The lowest BCUT2D eigenvalue weighted by Gasteiger charge is -2.36. The molecule has 0 spiro atoms. The van der Waals surface area contributed by atoms with E-state index in [9.17, 15) is 0 Å². The molecule has 0 saturated carbocycles. The van der Waals surface area contributed by atoms with Gasteiger partial charge in [0.2, 0.25) is 0 Å². The van der Waals surface area contributed by atoms with Crippen molar-refractivity contribution in [2.45, 2.75) is 57.7 Å². The molecular weight excluding hydrogens is 184 g/mol. The molecule has 3 unspecified atom stereocenters. The highest BCUT2D eigenvalue weighted by atomic mass is 15.1. The Bertz CT molecular complexity index is 191. The number of hydrogen-bond acceptors (Lipinski definition) is 2. The van der Waals surface area contributed by atoms with Crippen LogP contribution >= 0.6 is 0 Å². The lowest BCUT2D eigenvalue weighted by molar-refractivity contribution is 0.162. The molecule has 15 heavy (non-hydrogen) atoms. The zero-order valence-electron chi connectivity index (χ0n) is 10.5. The molecule has 0 aromatic rings. The zero-order chi connectivity index (χ0) is 11.3. The standard InChI is InChI=1S/C13H26N2/c1-5-6-7-11(2)14-13-8-9-15(4)12(3)10-13/h5,11-14H,1,6-10H2,2-4H3. The van der Waals surface area contributed by atoms with Crippen molar-refractivity contribution in [2.24, 2.45) is 0 Å². The van der Waals surface area contributed by atoms with Gasteiger partial charge < -0.3 is 10.2 Å². The molecule has 88 valence electrons. The summed E-state index contributed by atoms with van der Waals surface area (Å²) in [5, 5.41) is 3.73. The van der Waals surface area contributed by atoms with E-state index in [1.54, 1.807) is 0 Å². The van der Waals surface area contributed by atoms with Crippen LogP contribution in [0.25, 0.3) is 0 Å². The van der Waals surface area contributed by atoms with Crippen LogP contribution in [0.15, 0.2) is 12.7 Å². The van der Waals surface area contributed by atoms with Gasteiger partial charge in [0.1, 0.15) is 0 Å². The van der Waals surface area contributed by atoms with E-state index in [-0.39, 0.29) is 0 Å². The molecule has 1 aliphatic rings. The van der Waals surface area contributed by atoms with Gasteiger partial charge in [-0.05, 0) is 53.1 Å². The third-order valence-corrected chi connectivity index (χ3v) is 3.53. The van der Waals surface area contributed by atoms with Crippen LogP contribution in [0.4, 0.5) is 0 Å². The number of rotatable bonds is 5. The summed E-state index contributed by atoms with van der Waals surface area (Å²) in [7, 11) is 2.22. The highest BCUT2D eigenvalue weighted by molar-refractivity contribution is 4.83. The maximum Gasteiger partial charge on any atom is 0.00964 e. The first-order chi connectivity index (χ1) is 7.13. The number of piperidine rings is 1. The molecule has 1 rings (SSSR count). The zero-order valence-corrected chi connectivity index (χ0v) is 10.5. The topological polar surface area (TPSA) is 15.3 Å². The summed E-state index contributed by atoms with van der Waals surface area (Å²) in [5.74, 6) is 0. The predicted molar refractivity (Wildman–Crippen MR) is 67.1 cm³/mol. The smallest absolute Gasteiger partial charge is 0.00964 e. The molecule has 2 heteroatoms. The number of hydrogen-bond donors (Lipinski definition) is 1. The Morgan fingerprint density at radius 3 is 2.93 bits per heavy atom. The molecule has 0 radical (unpaired) electrons. The third-order valence-electron chi connectivity index (χ3n) is 3.53. The Hall–Kier alpha value is -0.340. The van der Waals surface area contributed by atoms with Gasteiger partial charge in [-0.2, -0.15) is 0 Å². The van der Waals surface area contributed by atoms with Crippen LogP contribution in [-0.4, -0.2) is 36.6 Å². The van der Waals surface area contributed by atoms with Gasteiger partial charge in [0, 0.05) is 18.1 Å². The second-order valence-corrected chi connectivity index (χ2v) is 4.98. The van der Waals surface area contributed by atoms with E-state index >= 15 is 0 Å². The van der Waals surface area contributed by atoms with Gasteiger partial charge in [-0.15, -0.1) is 6.58 Å². The van der Waals surface area contributed by atoms with Gasteiger partial charge in [-0.25, -0.2) is 0 Å². The molecule has 0 aromatic carbocycles. The molecule has 1 heterocycles. The molecule has 1 fully saturated rings. The fourth-order valence-electron chi connectivity index (χ4n) is 2.29. The first kappa shape index (κ1) is 12.7. The van der Waals surface area contributed by atoms with Crippen molar-refractivity contribution in [3.05, 3.63) is 12.7 Å². The van der Waals surface area contributed by atoms with Crippen LogP contribution in [-0.2, 0) is 0 Å². The molecule has 1 aliphatic heterocycles. The number of allylic oxidation sites excluding steroid dienone is 1. The predicted octanol–water partition coefficient (Wildman–Crippen LogP) is 2.41. The number of likely N-dealkylation sites (tertiary alicyclic amines) is 1. The minimum absolute atomic E-state index is 0.628. The highest BCUT2D eigenvalue weighted by Crippen LogP contribution is 2.16. The minimum atomic E-state index is 0.628. The maximum absolute atomic E-state index is 3.77. The average molecular weight is 210 g/mol. The summed E-state index contributed by atoms with van der Waals surface area (Å²) in [5.41, 5.74) is 0. The molecule has 3 atom stereocenters. The Morgan fingerprint density at radius 2 is 2.33 bits per heavy atom. The fourth-order valence-corrected chi connectivity index (χ4v) is 2.29. The molecule has 2 nitrogen and oxygen atoms in total. The van der Waals surface area contributed by atoms with Gasteiger partial charge in [-0.1, -0.05) is 6.08 Å². The van der Waals surface area contributed by atoms with Crippen molar-refractivity contribution in [2.75, 3.05) is 13.6 Å². The Labute approximate surface area is 94.7 Å². The molecule has 0 bridgehead atoms. The Balaban J connectivity index is 2.23. The van der Waals surface area contributed by atoms with E-state index in [2.05, 4.69) is 37.7 Å². The van der Waals surface area contributed by atoms with E-state index in [1.807, 2.05) is 6.08 Å². The van der Waals surface area contributed by atoms with Crippen molar-refractivity contribution in [1.82, 2.24) is 10.2 Å². The summed E-state index contributed by atoms with van der Waals surface area (Å²) in [6.45, 7) is 9.60. The van der Waals surface area contributed by atoms with Gasteiger partial charge in [-0.3, -0.25) is 0 Å². The van der Waals surface area contributed by atoms with Gasteiger partial charge in [0.15, 0.2) is 0 Å². The Morgan fingerprint density at radius 1 is 1.60 bits per heavy atom. The van der Waals surface area contributed by atoms with Crippen molar-refractivity contribution in [1.29, 1.82) is 0 Å². The first-order valence-corrected chi connectivity index (χ1v) is 6.20. The van der Waals surface area contributed by atoms with E-state index in [0.717, 1.165) is 18.5 Å². The van der Waals surface area contributed by atoms with E-state index in [1.165, 1.54) is 25.8 Å². The quantitative estimate of drug-likeness (QED) is 0.701. The number of nitrogens with zero attached hydrogens (tertiary/aromatic N) is 1. The SMILES string of the molecule is C=CCCC(C)NC1CCN(C)C(C)C1. The monoisotopic (exact) mass is 210 g/mol.